The second-order valence-electron chi connectivity index (χ2n) is 5.60. The van der Waals surface area contributed by atoms with E-state index < -0.39 is 0 Å². The molecule has 1 unspecified atom stereocenters. The molecule has 1 saturated heterocycles. The Hall–Kier alpha value is -2.41. The van der Waals surface area contributed by atoms with Gasteiger partial charge in [-0.25, -0.2) is 19.0 Å². The molecule has 4 rings (SSSR count). The second kappa shape index (κ2) is 6.60. The maximum atomic E-state index is 13.9. The Morgan fingerprint density at radius 3 is 3.00 bits per heavy atom. The van der Waals surface area contributed by atoms with Crippen molar-refractivity contribution >= 4 is 17.7 Å². The molecule has 0 bridgehead atoms. The molecule has 0 saturated carbocycles. The van der Waals surface area contributed by atoms with Crippen LogP contribution in [0.15, 0.2) is 48.9 Å². The van der Waals surface area contributed by atoms with E-state index in [4.69, 9.17) is 0 Å². The Labute approximate surface area is 143 Å². The van der Waals surface area contributed by atoms with Crippen LogP contribution in [0.1, 0.15) is 6.42 Å². The molecule has 0 radical (unpaired) electrons. The summed E-state index contributed by atoms with van der Waals surface area (Å²) in [7, 11) is 0. The van der Waals surface area contributed by atoms with E-state index in [2.05, 4.69) is 20.4 Å². The van der Waals surface area contributed by atoms with Crippen LogP contribution in [0.3, 0.4) is 0 Å². The number of nitrogens with zero attached hydrogens (tertiary/aromatic N) is 4. The molecule has 1 aliphatic heterocycles. The summed E-state index contributed by atoms with van der Waals surface area (Å²) < 4.78 is 15.4. The van der Waals surface area contributed by atoms with Gasteiger partial charge >= 0.3 is 0 Å². The van der Waals surface area contributed by atoms with E-state index in [1.807, 2.05) is 17.8 Å². The number of thioether (sulfide) groups is 1. The van der Waals surface area contributed by atoms with Crippen molar-refractivity contribution in [1.29, 1.82) is 0 Å². The van der Waals surface area contributed by atoms with Crippen molar-refractivity contribution < 1.29 is 4.39 Å². The molecule has 0 spiro atoms. The first-order valence-electron chi connectivity index (χ1n) is 7.77. The first-order chi connectivity index (χ1) is 11.8. The lowest BCUT2D eigenvalue weighted by atomic mass is 10.2. The first kappa shape index (κ1) is 15.1. The summed E-state index contributed by atoms with van der Waals surface area (Å²) in [4.78, 5) is 8.85. The normalized spacial score (nSPS) is 17.1. The first-order valence-corrected chi connectivity index (χ1v) is 8.92. The molecule has 24 heavy (non-hydrogen) atoms. The van der Waals surface area contributed by atoms with E-state index >= 15 is 0 Å². The molecule has 3 aromatic rings. The van der Waals surface area contributed by atoms with Crippen LogP contribution in [0.25, 0.3) is 16.9 Å². The summed E-state index contributed by atoms with van der Waals surface area (Å²) >= 11 is 1.94. The number of hydrogen-bond donors (Lipinski definition) is 1. The largest absolute Gasteiger partial charge is 0.351 e. The lowest BCUT2D eigenvalue weighted by Crippen LogP contribution is -2.19. The van der Waals surface area contributed by atoms with E-state index in [0.29, 0.717) is 17.7 Å². The smallest absolute Gasteiger partial charge is 0.223 e. The zero-order valence-corrected chi connectivity index (χ0v) is 13.7. The molecule has 3 heterocycles. The van der Waals surface area contributed by atoms with Gasteiger partial charge in [-0.05, 0) is 30.4 Å². The number of benzene rings is 1. The molecule has 122 valence electrons. The summed E-state index contributed by atoms with van der Waals surface area (Å²) in [6, 6.07) is 8.81. The third-order valence-electron chi connectivity index (χ3n) is 3.90. The summed E-state index contributed by atoms with van der Waals surface area (Å²) in [6.45, 7) is 0. The third-order valence-corrected chi connectivity index (χ3v) is 5.06. The molecule has 5 nitrogen and oxygen atoms in total. The molecule has 1 aromatic carbocycles. The minimum Gasteiger partial charge on any atom is -0.351 e. The van der Waals surface area contributed by atoms with E-state index in [1.165, 1.54) is 16.5 Å². The van der Waals surface area contributed by atoms with Gasteiger partial charge in [0.05, 0.1) is 11.9 Å². The van der Waals surface area contributed by atoms with Crippen molar-refractivity contribution in [1.82, 2.24) is 19.7 Å². The molecule has 1 N–H and O–H groups in total. The van der Waals surface area contributed by atoms with Crippen LogP contribution >= 0.6 is 11.8 Å². The summed E-state index contributed by atoms with van der Waals surface area (Å²) in [6.07, 6.45) is 6.32. The minimum absolute atomic E-state index is 0.309. The van der Waals surface area contributed by atoms with Crippen molar-refractivity contribution in [2.75, 3.05) is 16.8 Å². The highest BCUT2D eigenvalue weighted by molar-refractivity contribution is 7.99. The molecule has 2 aromatic heterocycles. The quantitative estimate of drug-likeness (QED) is 0.788. The fourth-order valence-corrected chi connectivity index (χ4v) is 3.80. The van der Waals surface area contributed by atoms with Crippen LogP contribution in [0, 0.1) is 5.82 Å². The highest BCUT2D eigenvalue weighted by atomic mass is 32.2. The average Bonchev–Trinajstić information content (AvgIpc) is 3.27. The summed E-state index contributed by atoms with van der Waals surface area (Å²) in [5.74, 6) is 2.57. The maximum absolute atomic E-state index is 13.9. The zero-order valence-electron chi connectivity index (χ0n) is 12.9. The third kappa shape index (κ3) is 3.12. The number of halogens is 1. The Balaban J connectivity index is 1.59. The van der Waals surface area contributed by atoms with Gasteiger partial charge < -0.3 is 5.32 Å². The Morgan fingerprint density at radius 1 is 1.25 bits per heavy atom. The fourth-order valence-electron chi connectivity index (χ4n) is 2.64. The van der Waals surface area contributed by atoms with E-state index in [-0.39, 0.29) is 5.82 Å². The van der Waals surface area contributed by atoms with Crippen LogP contribution < -0.4 is 5.32 Å². The van der Waals surface area contributed by atoms with Gasteiger partial charge in [-0.2, -0.15) is 16.9 Å². The summed E-state index contributed by atoms with van der Waals surface area (Å²) in [5.41, 5.74) is 2.00. The SMILES string of the molecule is Fc1ccccc1-n1cc(-c2ccnc(NC3CCSC3)n2)cn1. The number of anilines is 1. The van der Waals surface area contributed by atoms with Gasteiger partial charge in [0.2, 0.25) is 5.95 Å². The molecule has 1 aliphatic rings. The fraction of sp³-hybridized carbons (Fsp3) is 0.235. The highest BCUT2D eigenvalue weighted by Gasteiger charge is 2.16. The number of hydrogen-bond acceptors (Lipinski definition) is 5. The Kier molecular flexibility index (Phi) is 4.17. The monoisotopic (exact) mass is 341 g/mol. The van der Waals surface area contributed by atoms with Crippen molar-refractivity contribution in [2.24, 2.45) is 0 Å². The standard InChI is InChI=1S/C17H16FN5S/c18-14-3-1-2-4-16(14)23-10-12(9-20-23)15-5-7-19-17(22-15)21-13-6-8-24-11-13/h1-5,7,9-10,13H,6,8,11H2,(H,19,21,22). The minimum atomic E-state index is -0.309. The number of para-hydroxylation sites is 1. The molecule has 1 atom stereocenters. The van der Waals surface area contributed by atoms with Gasteiger partial charge in [0, 0.05) is 29.8 Å². The summed E-state index contributed by atoms with van der Waals surface area (Å²) in [5, 5.41) is 7.62. The predicted molar refractivity (Wildman–Crippen MR) is 93.9 cm³/mol. The molecular formula is C17H16FN5S. The van der Waals surface area contributed by atoms with Gasteiger partial charge in [0.1, 0.15) is 11.5 Å². The van der Waals surface area contributed by atoms with Crippen molar-refractivity contribution in [3.63, 3.8) is 0 Å². The van der Waals surface area contributed by atoms with Crippen LogP contribution in [0.2, 0.25) is 0 Å². The van der Waals surface area contributed by atoms with Gasteiger partial charge in [0.15, 0.2) is 0 Å². The topological polar surface area (TPSA) is 55.6 Å². The van der Waals surface area contributed by atoms with Crippen LogP contribution in [-0.4, -0.2) is 37.3 Å². The number of rotatable bonds is 4. The van der Waals surface area contributed by atoms with E-state index in [9.17, 15) is 4.39 Å². The lowest BCUT2D eigenvalue weighted by molar-refractivity contribution is 0.611. The molecular weight excluding hydrogens is 325 g/mol. The molecule has 1 fully saturated rings. The number of aromatic nitrogens is 4. The molecule has 0 aliphatic carbocycles. The molecule has 7 heteroatoms. The van der Waals surface area contributed by atoms with Crippen LogP contribution in [-0.2, 0) is 0 Å². The number of nitrogens with one attached hydrogen (secondary N) is 1. The van der Waals surface area contributed by atoms with Crippen LogP contribution in [0.5, 0.6) is 0 Å². The predicted octanol–water partition coefficient (Wildman–Crippen LogP) is 3.39. The highest BCUT2D eigenvalue weighted by Crippen LogP contribution is 2.22. The van der Waals surface area contributed by atoms with E-state index in [1.54, 1.807) is 36.8 Å². The van der Waals surface area contributed by atoms with Crippen molar-refractivity contribution in [3.05, 3.63) is 54.7 Å². The van der Waals surface area contributed by atoms with E-state index in [0.717, 1.165) is 23.4 Å². The van der Waals surface area contributed by atoms with Crippen molar-refractivity contribution in [3.8, 4) is 16.9 Å². The van der Waals surface area contributed by atoms with Gasteiger partial charge in [-0.1, -0.05) is 12.1 Å². The zero-order chi connectivity index (χ0) is 16.4. The molecule has 0 amide bonds. The van der Waals surface area contributed by atoms with Gasteiger partial charge in [0.25, 0.3) is 0 Å². The van der Waals surface area contributed by atoms with Crippen LogP contribution in [0.4, 0.5) is 10.3 Å². The second-order valence-corrected chi connectivity index (χ2v) is 6.75. The van der Waals surface area contributed by atoms with Gasteiger partial charge in [-0.15, -0.1) is 0 Å². The lowest BCUT2D eigenvalue weighted by Gasteiger charge is -2.11. The Bertz CT molecular complexity index is 844. The maximum Gasteiger partial charge on any atom is 0.223 e. The van der Waals surface area contributed by atoms with Crippen molar-refractivity contribution in [2.45, 2.75) is 12.5 Å². The average molecular weight is 341 g/mol. The van der Waals surface area contributed by atoms with Gasteiger partial charge in [-0.3, -0.25) is 0 Å². The Morgan fingerprint density at radius 2 is 2.17 bits per heavy atom.